The highest BCUT2D eigenvalue weighted by Gasteiger charge is 2.13. The number of rotatable bonds is 6. The van der Waals surface area contributed by atoms with Crippen LogP contribution in [0.3, 0.4) is 0 Å². The number of carbonyl (C=O) groups excluding carboxylic acids is 2. The maximum Gasteiger partial charge on any atom is 0.248 e. The molecule has 0 saturated carbocycles. The van der Waals surface area contributed by atoms with Gasteiger partial charge in [-0.25, -0.2) is 8.78 Å². The first-order valence-electron chi connectivity index (χ1n) is 7.25. The Kier molecular flexibility index (Phi) is 5.59. The van der Waals surface area contributed by atoms with Crippen LogP contribution in [-0.4, -0.2) is 18.4 Å². The molecule has 2 amide bonds. The molecule has 5 nitrogen and oxygen atoms in total. The van der Waals surface area contributed by atoms with Crippen LogP contribution in [0.1, 0.15) is 28.9 Å². The molecule has 4 N–H and O–H groups in total. The summed E-state index contributed by atoms with van der Waals surface area (Å²) in [6, 6.07) is 8.95. The number of halogens is 2. The third kappa shape index (κ3) is 4.60. The van der Waals surface area contributed by atoms with E-state index in [4.69, 9.17) is 5.73 Å². The van der Waals surface area contributed by atoms with Crippen LogP contribution in [-0.2, 0) is 4.79 Å². The fourth-order valence-electron chi connectivity index (χ4n) is 2.13. The summed E-state index contributed by atoms with van der Waals surface area (Å²) in [7, 11) is 0. The first-order valence-corrected chi connectivity index (χ1v) is 7.25. The van der Waals surface area contributed by atoms with E-state index in [1.807, 2.05) is 0 Å². The lowest BCUT2D eigenvalue weighted by molar-refractivity contribution is -0.115. The molecule has 0 aliphatic heterocycles. The van der Waals surface area contributed by atoms with E-state index in [-0.39, 0.29) is 18.0 Å². The number of primary amides is 1. The van der Waals surface area contributed by atoms with Crippen molar-refractivity contribution >= 4 is 17.5 Å². The standard InChI is InChI=1S/C17H17F2N3O2/c1-10(14-7-4-12(18)8-15(14)19)21-9-16(23)22-13-5-2-11(3-6-13)17(20)24/h2-8,10,21H,9H2,1H3,(H2,20,24)(H,22,23)/t10-/m0/s1. The van der Waals surface area contributed by atoms with Crippen LogP contribution in [0, 0.1) is 11.6 Å². The van der Waals surface area contributed by atoms with Crippen molar-refractivity contribution in [2.45, 2.75) is 13.0 Å². The molecule has 0 fully saturated rings. The highest BCUT2D eigenvalue weighted by Crippen LogP contribution is 2.17. The quantitative estimate of drug-likeness (QED) is 0.759. The largest absolute Gasteiger partial charge is 0.366 e. The van der Waals surface area contributed by atoms with E-state index in [0.717, 1.165) is 12.1 Å². The van der Waals surface area contributed by atoms with Gasteiger partial charge in [-0.1, -0.05) is 6.07 Å². The molecule has 0 saturated heterocycles. The van der Waals surface area contributed by atoms with Gasteiger partial charge in [0.05, 0.1) is 6.54 Å². The minimum Gasteiger partial charge on any atom is -0.366 e. The van der Waals surface area contributed by atoms with Crippen molar-refractivity contribution in [1.82, 2.24) is 5.32 Å². The summed E-state index contributed by atoms with van der Waals surface area (Å²) in [6.45, 7) is 1.61. The molecule has 7 heteroatoms. The van der Waals surface area contributed by atoms with Gasteiger partial charge in [-0.15, -0.1) is 0 Å². The van der Waals surface area contributed by atoms with Crippen LogP contribution in [0.5, 0.6) is 0 Å². The third-order valence-corrected chi connectivity index (χ3v) is 3.45. The molecule has 0 unspecified atom stereocenters. The van der Waals surface area contributed by atoms with Gasteiger partial charge in [0.15, 0.2) is 0 Å². The molecule has 0 heterocycles. The summed E-state index contributed by atoms with van der Waals surface area (Å²) < 4.78 is 26.5. The van der Waals surface area contributed by atoms with Crippen molar-refractivity contribution in [3.63, 3.8) is 0 Å². The fraction of sp³-hybridized carbons (Fsp3) is 0.176. The maximum atomic E-state index is 13.7. The third-order valence-electron chi connectivity index (χ3n) is 3.45. The number of benzene rings is 2. The predicted molar refractivity (Wildman–Crippen MR) is 86.4 cm³/mol. The molecule has 1 atom stereocenters. The Bertz CT molecular complexity index is 748. The average Bonchev–Trinajstić information content (AvgIpc) is 2.53. The summed E-state index contributed by atoms with van der Waals surface area (Å²) in [5.74, 6) is -2.21. The Hall–Kier alpha value is -2.80. The van der Waals surface area contributed by atoms with Crippen molar-refractivity contribution in [3.05, 3.63) is 65.2 Å². The fourth-order valence-corrected chi connectivity index (χ4v) is 2.13. The predicted octanol–water partition coefficient (Wildman–Crippen LogP) is 2.35. The van der Waals surface area contributed by atoms with E-state index in [9.17, 15) is 18.4 Å². The molecule has 0 aliphatic rings. The van der Waals surface area contributed by atoms with Crippen LogP contribution in [0.4, 0.5) is 14.5 Å². The van der Waals surface area contributed by atoms with Crippen molar-refractivity contribution in [1.29, 1.82) is 0 Å². The topological polar surface area (TPSA) is 84.2 Å². The Morgan fingerprint density at radius 1 is 1.12 bits per heavy atom. The SMILES string of the molecule is C[C@H](NCC(=O)Nc1ccc(C(N)=O)cc1)c1ccc(F)cc1F. The summed E-state index contributed by atoms with van der Waals surface area (Å²) in [6.07, 6.45) is 0. The minimum absolute atomic E-state index is 0.0600. The number of hydrogen-bond donors (Lipinski definition) is 3. The van der Waals surface area contributed by atoms with Crippen molar-refractivity contribution in [2.24, 2.45) is 5.73 Å². The Labute approximate surface area is 137 Å². The second-order valence-corrected chi connectivity index (χ2v) is 5.26. The van der Waals surface area contributed by atoms with Gasteiger partial charge in [-0.3, -0.25) is 9.59 Å². The zero-order valence-corrected chi connectivity index (χ0v) is 13.0. The van der Waals surface area contributed by atoms with E-state index < -0.39 is 23.6 Å². The molecule has 0 bridgehead atoms. The van der Waals surface area contributed by atoms with Crippen molar-refractivity contribution in [2.75, 3.05) is 11.9 Å². The maximum absolute atomic E-state index is 13.7. The Balaban J connectivity index is 1.89. The highest BCUT2D eigenvalue weighted by molar-refractivity contribution is 5.95. The van der Waals surface area contributed by atoms with Gasteiger partial charge in [0.1, 0.15) is 11.6 Å². The summed E-state index contributed by atoms with van der Waals surface area (Å²) in [5, 5.41) is 5.49. The summed E-state index contributed by atoms with van der Waals surface area (Å²) in [5.41, 5.74) is 6.25. The second kappa shape index (κ2) is 7.65. The van der Waals surface area contributed by atoms with Crippen LogP contribution in [0.2, 0.25) is 0 Å². The second-order valence-electron chi connectivity index (χ2n) is 5.26. The molecule has 2 aromatic rings. The van der Waals surface area contributed by atoms with Gasteiger partial charge in [-0.2, -0.15) is 0 Å². The summed E-state index contributed by atoms with van der Waals surface area (Å²) in [4.78, 5) is 22.9. The molecule has 24 heavy (non-hydrogen) atoms. The molecule has 0 radical (unpaired) electrons. The molecule has 2 rings (SSSR count). The number of anilines is 1. The van der Waals surface area contributed by atoms with Crippen molar-refractivity contribution < 1.29 is 18.4 Å². The van der Waals surface area contributed by atoms with Gasteiger partial charge in [-0.05, 0) is 37.3 Å². The number of amides is 2. The zero-order valence-electron chi connectivity index (χ0n) is 13.0. The lowest BCUT2D eigenvalue weighted by Crippen LogP contribution is -2.30. The minimum atomic E-state index is -0.669. The molecule has 126 valence electrons. The molecule has 2 aromatic carbocycles. The van der Waals surface area contributed by atoms with E-state index >= 15 is 0 Å². The molecule has 0 aromatic heterocycles. The first kappa shape index (κ1) is 17.6. The van der Waals surface area contributed by atoms with Gasteiger partial charge in [0.2, 0.25) is 11.8 Å². The lowest BCUT2D eigenvalue weighted by atomic mass is 10.1. The van der Waals surface area contributed by atoms with Crippen molar-refractivity contribution in [3.8, 4) is 0 Å². The van der Waals surface area contributed by atoms with Gasteiger partial charge in [0.25, 0.3) is 0 Å². The monoisotopic (exact) mass is 333 g/mol. The van der Waals surface area contributed by atoms with Gasteiger partial charge in [0, 0.05) is 28.9 Å². The molecular weight excluding hydrogens is 316 g/mol. The van der Waals surface area contributed by atoms with E-state index in [1.165, 1.54) is 18.2 Å². The number of hydrogen-bond acceptors (Lipinski definition) is 3. The highest BCUT2D eigenvalue weighted by atomic mass is 19.1. The number of nitrogens with one attached hydrogen (secondary N) is 2. The normalized spacial score (nSPS) is 11.8. The molecular formula is C17H17F2N3O2. The number of nitrogens with two attached hydrogens (primary N) is 1. The average molecular weight is 333 g/mol. The number of carbonyl (C=O) groups is 2. The van der Waals surface area contributed by atoms with Crippen LogP contribution in [0.15, 0.2) is 42.5 Å². The zero-order chi connectivity index (χ0) is 17.7. The molecule has 0 spiro atoms. The Morgan fingerprint density at radius 2 is 1.79 bits per heavy atom. The van der Waals surface area contributed by atoms with E-state index in [2.05, 4.69) is 10.6 Å². The van der Waals surface area contributed by atoms with Crippen LogP contribution >= 0.6 is 0 Å². The molecule has 0 aliphatic carbocycles. The van der Waals surface area contributed by atoms with Crippen LogP contribution < -0.4 is 16.4 Å². The van der Waals surface area contributed by atoms with Gasteiger partial charge < -0.3 is 16.4 Å². The lowest BCUT2D eigenvalue weighted by Gasteiger charge is -2.15. The smallest absolute Gasteiger partial charge is 0.248 e. The van der Waals surface area contributed by atoms with E-state index in [0.29, 0.717) is 11.3 Å². The van der Waals surface area contributed by atoms with Crippen LogP contribution in [0.25, 0.3) is 0 Å². The summed E-state index contributed by atoms with van der Waals surface area (Å²) >= 11 is 0. The first-order chi connectivity index (χ1) is 11.4. The van der Waals surface area contributed by atoms with E-state index in [1.54, 1.807) is 19.1 Å². The van der Waals surface area contributed by atoms with Gasteiger partial charge >= 0.3 is 0 Å². The Morgan fingerprint density at radius 3 is 2.38 bits per heavy atom.